The van der Waals surface area contributed by atoms with Gasteiger partial charge in [-0.3, -0.25) is 0 Å². The van der Waals surface area contributed by atoms with Crippen LogP contribution in [0.15, 0.2) is 0 Å². The Bertz CT molecular complexity index is 154. The minimum absolute atomic E-state index is 0.814. The molecule has 0 amide bonds. The zero-order valence-electron chi connectivity index (χ0n) is 8.76. The van der Waals surface area contributed by atoms with E-state index in [0.717, 1.165) is 12.1 Å². The molecule has 2 heteroatoms. The van der Waals surface area contributed by atoms with Gasteiger partial charge in [0.1, 0.15) is 0 Å². The second-order valence-electron chi connectivity index (χ2n) is 4.67. The molecule has 2 nitrogen and oxygen atoms in total. The summed E-state index contributed by atoms with van der Waals surface area (Å²) in [6.45, 7) is 2.53. The van der Waals surface area contributed by atoms with E-state index in [1.54, 1.807) is 0 Å². The summed E-state index contributed by atoms with van der Waals surface area (Å²) in [5.74, 6) is 0. The Labute approximate surface area is 81.7 Å². The van der Waals surface area contributed by atoms with E-state index >= 15 is 0 Å². The van der Waals surface area contributed by atoms with Crippen molar-refractivity contribution >= 4 is 0 Å². The van der Waals surface area contributed by atoms with Crippen LogP contribution in [0.3, 0.4) is 0 Å². The van der Waals surface area contributed by atoms with E-state index in [0.29, 0.717) is 0 Å². The topological polar surface area (TPSA) is 15.3 Å². The lowest BCUT2D eigenvalue weighted by molar-refractivity contribution is 0.170. The Kier molecular flexibility index (Phi) is 3.23. The summed E-state index contributed by atoms with van der Waals surface area (Å²) in [4.78, 5) is 2.52. The van der Waals surface area contributed by atoms with Crippen molar-refractivity contribution < 1.29 is 0 Å². The minimum Gasteiger partial charge on any atom is -0.312 e. The third-order valence-electron chi connectivity index (χ3n) is 3.67. The average molecular weight is 182 g/mol. The smallest absolute Gasteiger partial charge is 0.0217 e. The van der Waals surface area contributed by atoms with Crippen LogP contribution in [0.2, 0.25) is 0 Å². The van der Waals surface area contributed by atoms with Gasteiger partial charge in [0, 0.05) is 18.6 Å². The maximum atomic E-state index is 3.68. The van der Waals surface area contributed by atoms with Crippen LogP contribution in [0.4, 0.5) is 0 Å². The molecule has 0 aromatic heterocycles. The molecule has 1 saturated heterocycles. The number of piperidine rings is 1. The Morgan fingerprint density at radius 2 is 2.00 bits per heavy atom. The van der Waals surface area contributed by atoms with Crippen LogP contribution in [-0.4, -0.2) is 37.1 Å². The highest BCUT2D eigenvalue weighted by atomic mass is 15.2. The normalized spacial score (nSPS) is 31.6. The summed E-state index contributed by atoms with van der Waals surface area (Å²) in [7, 11) is 2.27. The predicted octanol–water partition coefficient (Wildman–Crippen LogP) is 1.61. The molecule has 1 saturated carbocycles. The maximum Gasteiger partial charge on any atom is 0.0217 e. The molecule has 1 heterocycles. The highest BCUT2D eigenvalue weighted by molar-refractivity contribution is 4.81. The second kappa shape index (κ2) is 4.43. The van der Waals surface area contributed by atoms with Gasteiger partial charge in [-0.05, 0) is 39.3 Å². The van der Waals surface area contributed by atoms with E-state index in [2.05, 4.69) is 17.3 Å². The van der Waals surface area contributed by atoms with Crippen LogP contribution < -0.4 is 5.32 Å². The summed E-state index contributed by atoms with van der Waals surface area (Å²) in [5.41, 5.74) is 0. The fourth-order valence-corrected chi connectivity index (χ4v) is 2.32. The molecule has 2 aliphatic rings. The summed E-state index contributed by atoms with van der Waals surface area (Å²) < 4.78 is 0. The molecule has 76 valence electrons. The highest BCUT2D eigenvalue weighted by Gasteiger charge is 2.22. The van der Waals surface area contributed by atoms with Crippen molar-refractivity contribution in [1.82, 2.24) is 10.2 Å². The minimum atomic E-state index is 0.814. The van der Waals surface area contributed by atoms with Crippen LogP contribution in [0.25, 0.3) is 0 Å². The molecular weight excluding hydrogens is 160 g/mol. The van der Waals surface area contributed by atoms with E-state index < -0.39 is 0 Å². The SMILES string of the molecule is CN1CCCC[C@H]1CNC1CCC1. The van der Waals surface area contributed by atoms with Crippen LogP contribution >= 0.6 is 0 Å². The summed E-state index contributed by atoms with van der Waals surface area (Å²) in [5, 5.41) is 3.68. The van der Waals surface area contributed by atoms with Gasteiger partial charge < -0.3 is 10.2 Å². The van der Waals surface area contributed by atoms with E-state index in [-0.39, 0.29) is 0 Å². The molecular formula is C11H22N2. The van der Waals surface area contributed by atoms with Gasteiger partial charge in [-0.2, -0.15) is 0 Å². The van der Waals surface area contributed by atoms with E-state index in [1.807, 2.05) is 0 Å². The van der Waals surface area contributed by atoms with Gasteiger partial charge in [0.2, 0.25) is 0 Å². The van der Waals surface area contributed by atoms with Crippen molar-refractivity contribution in [1.29, 1.82) is 0 Å². The fourth-order valence-electron chi connectivity index (χ4n) is 2.32. The number of nitrogens with zero attached hydrogens (tertiary/aromatic N) is 1. The molecule has 0 aromatic rings. The third kappa shape index (κ3) is 2.44. The Morgan fingerprint density at radius 3 is 2.62 bits per heavy atom. The zero-order valence-corrected chi connectivity index (χ0v) is 8.76. The van der Waals surface area contributed by atoms with E-state index in [9.17, 15) is 0 Å². The first-order valence-electron chi connectivity index (χ1n) is 5.80. The van der Waals surface area contributed by atoms with Crippen molar-refractivity contribution in [2.75, 3.05) is 20.1 Å². The molecule has 13 heavy (non-hydrogen) atoms. The molecule has 2 fully saturated rings. The van der Waals surface area contributed by atoms with Crippen molar-refractivity contribution in [3.05, 3.63) is 0 Å². The summed E-state index contributed by atoms with van der Waals surface area (Å²) >= 11 is 0. The standard InChI is InChI=1S/C11H22N2/c1-13-8-3-2-7-11(13)9-12-10-5-4-6-10/h10-12H,2-9H2,1H3/t11-/m0/s1. The molecule has 1 aliphatic heterocycles. The molecule has 0 unspecified atom stereocenters. The lowest BCUT2D eigenvalue weighted by Gasteiger charge is -2.35. The van der Waals surface area contributed by atoms with Crippen molar-refractivity contribution in [2.24, 2.45) is 0 Å². The highest BCUT2D eigenvalue weighted by Crippen LogP contribution is 2.19. The van der Waals surface area contributed by atoms with Crippen molar-refractivity contribution in [3.8, 4) is 0 Å². The fraction of sp³-hybridized carbons (Fsp3) is 1.00. The average Bonchev–Trinajstić information content (AvgIpc) is 2.05. The first-order valence-corrected chi connectivity index (χ1v) is 5.80. The van der Waals surface area contributed by atoms with Gasteiger partial charge in [0.05, 0.1) is 0 Å². The molecule has 1 aliphatic carbocycles. The number of nitrogens with one attached hydrogen (secondary N) is 1. The third-order valence-corrected chi connectivity index (χ3v) is 3.67. The number of hydrogen-bond donors (Lipinski definition) is 1. The molecule has 2 rings (SSSR count). The second-order valence-corrected chi connectivity index (χ2v) is 4.67. The molecule has 1 N–H and O–H groups in total. The number of likely N-dealkylation sites (tertiary alicyclic amines) is 1. The first kappa shape index (κ1) is 9.47. The summed E-state index contributed by atoms with van der Waals surface area (Å²) in [6.07, 6.45) is 8.50. The Balaban J connectivity index is 1.66. The number of likely N-dealkylation sites (N-methyl/N-ethyl adjacent to an activating group) is 1. The lowest BCUT2D eigenvalue weighted by atomic mass is 9.92. The quantitative estimate of drug-likeness (QED) is 0.713. The largest absolute Gasteiger partial charge is 0.312 e. The monoisotopic (exact) mass is 182 g/mol. The van der Waals surface area contributed by atoms with Crippen LogP contribution in [0.1, 0.15) is 38.5 Å². The van der Waals surface area contributed by atoms with Gasteiger partial charge in [-0.25, -0.2) is 0 Å². The van der Waals surface area contributed by atoms with Crippen molar-refractivity contribution in [2.45, 2.75) is 50.6 Å². The van der Waals surface area contributed by atoms with E-state index in [4.69, 9.17) is 0 Å². The summed E-state index contributed by atoms with van der Waals surface area (Å²) in [6, 6.07) is 1.67. The molecule has 0 spiro atoms. The van der Waals surface area contributed by atoms with Gasteiger partial charge in [-0.15, -0.1) is 0 Å². The van der Waals surface area contributed by atoms with Crippen LogP contribution in [0.5, 0.6) is 0 Å². The molecule has 0 radical (unpaired) electrons. The lowest BCUT2D eigenvalue weighted by Crippen LogP contribution is -2.47. The van der Waals surface area contributed by atoms with Crippen LogP contribution in [-0.2, 0) is 0 Å². The van der Waals surface area contributed by atoms with Gasteiger partial charge in [-0.1, -0.05) is 12.8 Å². The predicted molar refractivity (Wildman–Crippen MR) is 55.9 cm³/mol. The van der Waals surface area contributed by atoms with Gasteiger partial charge in [0.25, 0.3) is 0 Å². The van der Waals surface area contributed by atoms with E-state index in [1.165, 1.54) is 51.6 Å². The van der Waals surface area contributed by atoms with Gasteiger partial charge >= 0.3 is 0 Å². The number of hydrogen-bond acceptors (Lipinski definition) is 2. The maximum absolute atomic E-state index is 3.68. The Morgan fingerprint density at radius 1 is 1.15 bits per heavy atom. The zero-order chi connectivity index (χ0) is 9.10. The molecule has 0 aromatic carbocycles. The first-order chi connectivity index (χ1) is 6.36. The van der Waals surface area contributed by atoms with Crippen molar-refractivity contribution in [3.63, 3.8) is 0 Å². The van der Waals surface area contributed by atoms with Gasteiger partial charge in [0.15, 0.2) is 0 Å². The molecule has 1 atom stereocenters. The van der Waals surface area contributed by atoms with Crippen LogP contribution in [0, 0.1) is 0 Å². The Hall–Kier alpha value is -0.0800. The number of rotatable bonds is 3. The molecule has 0 bridgehead atoms.